The summed E-state index contributed by atoms with van der Waals surface area (Å²) in [4.78, 5) is 16.2. The molecule has 0 fully saturated rings. The average molecular weight is 509 g/mol. The third-order valence-electron chi connectivity index (χ3n) is 5.24. The largest absolute Gasteiger partial charge is 0.493 e. The van der Waals surface area contributed by atoms with Gasteiger partial charge in [-0.25, -0.2) is 22.3 Å². The highest BCUT2D eigenvalue weighted by Crippen LogP contribution is 2.40. The molecule has 13 heteroatoms. The standard InChI is InChI=1S/C21H25ClN6O5S/c1-3-8-27-19-16(22)17(25-18(19)20-26-23-12-28(20)21(27)30)14-11-13(34(31,32)24-7-9-29)5-6-15(14)33-10-4-2/h5-6,11-12,24-25,29H,3-4,7-10H2,1-2H3. The zero-order chi connectivity index (χ0) is 24.5. The molecule has 0 saturated carbocycles. The SMILES string of the molecule is CCCOc1ccc(S(=O)(=O)NCCO)cc1-c1[nH]c2c(c1Cl)n(CCC)c(=O)n1cnnc21. The lowest BCUT2D eigenvalue weighted by atomic mass is 10.1. The highest BCUT2D eigenvalue weighted by atomic mass is 35.5. The molecule has 11 nitrogen and oxygen atoms in total. The van der Waals surface area contributed by atoms with E-state index in [-0.39, 0.29) is 28.8 Å². The molecule has 3 aromatic heterocycles. The first-order valence-electron chi connectivity index (χ1n) is 10.9. The van der Waals surface area contributed by atoms with Gasteiger partial charge in [-0.2, -0.15) is 0 Å². The molecule has 3 N–H and O–H groups in total. The number of aromatic nitrogens is 5. The molecule has 0 spiro atoms. The van der Waals surface area contributed by atoms with Gasteiger partial charge in [0.05, 0.1) is 34.3 Å². The number of hydrogen-bond donors (Lipinski definition) is 3. The predicted molar refractivity (Wildman–Crippen MR) is 128 cm³/mol. The molecule has 0 unspecified atom stereocenters. The number of ether oxygens (including phenoxy) is 1. The van der Waals surface area contributed by atoms with Crippen molar-refractivity contribution >= 4 is 38.3 Å². The Labute approximate surface area is 200 Å². The van der Waals surface area contributed by atoms with E-state index in [0.29, 0.717) is 53.3 Å². The normalized spacial score (nSPS) is 12.1. The molecule has 3 heterocycles. The molecule has 0 atom stereocenters. The van der Waals surface area contributed by atoms with Crippen LogP contribution in [0.4, 0.5) is 0 Å². The fourth-order valence-corrected chi connectivity index (χ4v) is 5.14. The molecular formula is C21H25ClN6O5S. The Hall–Kier alpha value is -2.93. The van der Waals surface area contributed by atoms with Gasteiger partial charge in [-0.05, 0) is 31.0 Å². The Balaban J connectivity index is 2.01. The Morgan fingerprint density at radius 3 is 2.76 bits per heavy atom. The molecule has 182 valence electrons. The summed E-state index contributed by atoms with van der Waals surface area (Å²) in [5.74, 6) is 0.429. The Bertz CT molecular complexity index is 1510. The van der Waals surface area contributed by atoms with Crippen LogP contribution in [0.25, 0.3) is 27.9 Å². The maximum Gasteiger partial charge on any atom is 0.335 e. The van der Waals surface area contributed by atoms with Crippen molar-refractivity contribution in [3.8, 4) is 17.0 Å². The third-order valence-corrected chi connectivity index (χ3v) is 7.06. The van der Waals surface area contributed by atoms with E-state index in [1.165, 1.54) is 22.9 Å². The highest BCUT2D eigenvalue weighted by Gasteiger charge is 2.24. The van der Waals surface area contributed by atoms with E-state index in [0.717, 1.165) is 6.42 Å². The zero-order valence-electron chi connectivity index (χ0n) is 18.7. The molecule has 0 bridgehead atoms. The van der Waals surface area contributed by atoms with Crippen LogP contribution in [-0.4, -0.2) is 57.4 Å². The second kappa shape index (κ2) is 9.74. The van der Waals surface area contributed by atoms with E-state index in [4.69, 9.17) is 21.4 Å². The number of nitrogens with one attached hydrogen (secondary N) is 2. The summed E-state index contributed by atoms with van der Waals surface area (Å²) in [5, 5.41) is 17.2. The molecule has 0 amide bonds. The third kappa shape index (κ3) is 4.17. The van der Waals surface area contributed by atoms with Crippen LogP contribution in [0.5, 0.6) is 5.75 Å². The smallest absolute Gasteiger partial charge is 0.335 e. The fourth-order valence-electron chi connectivity index (χ4n) is 3.74. The lowest BCUT2D eigenvalue weighted by molar-refractivity contribution is 0.301. The second-order valence-corrected chi connectivity index (χ2v) is 9.77. The minimum Gasteiger partial charge on any atom is -0.493 e. The van der Waals surface area contributed by atoms with Crippen molar-refractivity contribution in [2.24, 2.45) is 0 Å². The lowest BCUT2D eigenvalue weighted by Crippen LogP contribution is -2.26. The van der Waals surface area contributed by atoms with Crippen LogP contribution >= 0.6 is 11.6 Å². The molecule has 1 aromatic carbocycles. The van der Waals surface area contributed by atoms with Crippen molar-refractivity contribution in [1.29, 1.82) is 0 Å². The molecule has 0 aliphatic heterocycles. The summed E-state index contributed by atoms with van der Waals surface area (Å²) in [6.45, 7) is 4.28. The monoisotopic (exact) mass is 508 g/mol. The quantitative estimate of drug-likeness (QED) is 0.298. The van der Waals surface area contributed by atoms with E-state index in [1.54, 1.807) is 10.6 Å². The van der Waals surface area contributed by atoms with Gasteiger partial charge >= 0.3 is 5.69 Å². The minimum absolute atomic E-state index is 0.0203. The van der Waals surface area contributed by atoms with Crippen LogP contribution < -0.4 is 15.1 Å². The number of aliphatic hydroxyl groups excluding tert-OH is 1. The van der Waals surface area contributed by atoms with Gasteiger partial charge in [0, 0.05) is 18.7 Å². The first-order valence-corrected chi connectivity index (χ1v) is 12.7. The van der Waals surface area contributed by atoms with Crippen LogP contribution in [0.15, 0.2) is 34.2 Å². The molecule has 4 aromatic rings. The maximum atomic E-state index is 13.0. The molecular weight excluding hydrogens is 484 g/mol. The van der Waals surface area contributed by atoms with Gasteiger partial charge < -0.3 is 14.8 Å². The Kier molecular flexibility index (Phi) is 6.94. The first-order chi connectivity index (χ1) is 16.3. The fraction of sp³-hybridized carbons (Fsp3) is 0.381. The second-order valence-electron chi connectivity index (χ2n) is 7.62. The number of hydrogen-bond acceptors (Lipinski definition) is 7. The van der Waals surface area contributed by atoms with Gasteiger partial charge in [-0.3, -0.25) is 4.57 Å². The highest BCUT2D eigenvalue weighted by molar-refractivity contribution is 7.89. The average Bonchev–Trinajstić information content (AvgIpc) is 3.44. The number of halogens is 1. The van der Waals surface area contributed by atoms with Crippen LogP contribution in [0, 0.1) is 0 Å². The summed E-state index contributed by atoms with van der Waals surface area (Å²) in [5.41, 5.74) is 1.74. The van der Waals surface area contributed by atoms with Gasteiger partial charge in [0.1, 0.15) is 17.6 Å². The van der Waals surface area contributed by atoms with Crippen molar-refractivity contribution in [3.63, 3.8) is 0 Å². The van der Waals surface area contributed by atoms with Gasteiger partial charge in [0.2, 0.25) is 10.0 Å². The van der Waals surface area contributed by atoms with E-state index in [2.05, 4.69) is 19.9 Å². The number of nitrogens with zero attached hydrogens (tertiary/aromatic N) is 4. The van der Waals surface area contributed by atoms with Crippen LogP contribution in [0.1, 0.15) is 26.7 Å². The number of H-pyrrole nitrogens is 1. The van der Waals surface area contributed by atoms with E-state index in [1.807, 2.05) is 13.8 Å². The van der Waals surface area contributed by atoms with Crippen LogP contribution in [-0.2, 0) is 16.6 Å². The number of aliphatic hydroxyl groups is 1. The van der Waals surface area contributed by atoms with Crippen LogP contribution in [0.2, 0.25) is 5.02 Å². The van der Waals surface area contributed by atoms with E-state index >= 15 is 0 Å². The zero-order valence-corrected chi connectivity index (χ0v) is 20.3. The molecule has 0 aliphatic carbocycles. The van der Waals surface area contributed by atoms with Gasteiger partial charge in [-0.1, -0.05) is 25.4 Å². The number of aryl methyl sites for hydroxylation is 1. The minimum atomic E-state index is -3.89. The molecule has 0 aliphatic rings. The summed E-state index contributed by atoms with van der Waals surface area (Å²) in [7, 11) is -3.89. The van der Waals surface area contributed by atoms with Gasteiger partial charge in [0.15, 0.2) is 5.65 Å². The summed E-state index contributed by atoms with van der Waals surface area (Å²) in [6, 6.07) is 4.44. The van der Waals surface area contributed by atoms with E-state index in [9.17, 15) is 13.2 Å². The predicted octanol–water partition coefficient (Wildman–Crippen LogP) is 2.16. The number of sulfonamides is 1. The maximum absolute atomic E-state index is 13.0. The van der Waals surface area contributed by atoms with Crippen molar-refractivity contribution in [2.45, 2.75) is 38.1 Å². The summed E-state index contributed by atoms with van der Waals surface area (Å²) < 4.78 is 36.5. The number of fused-ring (bicyclic) bond motifs is 3. The first kappa shape index (κ1) is 24.2. The van der Waals surface area contributed by atoms with Crippen molar-refractivity contribution < 1.29 is 18.3 Å². The molecule has 34 heavy (non-hydrogen) atoms. The van der Waals surface area contributed by atoms with Crippen molar-refractivity contribution in [2.75, 3.05) is 19.8 Å². The topological polar surface area (TPSA) is 144 Å². The number of rotatable bonds is 10. The van der Waals surface area contributed by atoms with Crippen molar-refractivity contribution in [3.05, 3.63) is 40.0 Å². The van der Waals surface area contributed by atoms with Crippen LogP contribution in [0.3, 0.4) is 0 Å². The molecule has 0 saturated heterocycles. The summed E-state index contributed by atoms with van der Waals surface area (Å²) in [6.07, 6.45) is 2.77. The van der Waals surface area contributed by atoms with E-state index < -0.39 is 10.0 Å². The molecule has 0 radical (unpaired) electrons. The lowest BCUT2D eigenvalue weighted by Gasteiger charge is -2.13. The Morgan fingerprint density at radius 2 is 2.06 bits per heavy atom. The summed E-state index contributed by atoms with van der Waals surface area (Å²) >= 11 is 6.83. The Morgan fingerprint density at radius 1 is 1.26 bits per heavy atom. The number of aromatic amines is 1. The molecule has 4 rings (SSSR count). The number of benzene rings is 1. The van der Waals surface area contributed by atoms with Gasteiger partial charge in [-0.15, -0.1) is 10.2 Å². The van der Waals surface area contributed by atoms with Gasteiger partial charge in [0.25, 0.3) is 0 Å². The van der Waals surface area contributed by atoms with Crippen molar-refractivity contribution in [1.82, 2.24) is 28.9 Å².